The van der Waals surface area contributed by atoms with E-state index in [1.165, 1.54) is 12.1 Å². The van der Waals surface area contributed by atoms with Crippen LogP contribution in [0.1, 0.15) is 25.1 Å². The van der Waals surface area contributed by atoms with E-state index in [0.29, 0.717) is 25.7 Å². The molecule has 2 aromatic rings. The minimum atomic E-state index is -0.253. The van der Waals surface area contributed by atoms with Crippen LogP contribution in [0.4, 0.5) is 4.39 Å². The van der Waals surface area contributed by atoms with E-state index in [-0.39, 0.29) is 11.7 Å². The van der Waals surface area contributed by atoms with Crippen molar-refractivity contribution in [3.05, 3.63) is 41.3 Å². The fourth-order valence-corrected chi connectivity index (χ4v) is 3.07. The fourth-order valence-electron chi connectivity index (χ4n) is 3.07. The van der Waals surface area contributed by atoms with Gasteiger partial charge in [0.1, 0.15) is 5.82 Å². The smallest absolute Gasteiger partial charge is 0.236 e. The molecule has 1 amide bonds. The zero-order chi connectivity index (χ0) is 18.0. The molecule has 6 heteroatoms. The van der Waals surface area contributed by atoms with E-state index in [1.54, 1.807) is 12.1 Å². The number of benzene rings is 1. The Morgan fingerprint density at radius 3 is 2.64 bits per heavy atom. The predicted molar refractivity (Wildman–Crippen MR) is 95.7 cm³/mol. The molecule has 0 fully saturated rings. The maximum Gasteiger partial charge on any atom is 0.236 e. The number of carbonyl (C=O) groups excluding carboxylic acids is 1. The van der Waals surface area contributed by atoms with Crippen molar-refractivity contribution in [3.8, 4) is 11.3 Å². The first kappa shape index (κ1) is 17.6. The third-order valence-corrected chi connectivity index (χ3v) is 4.95. The number of amides is 1. The second-order valence-electron chi connectivity index (χ2n) is 6.93. The van der Waals surface area contributed by atoms with Gasteiger partial charge < -0.3 is 4.90 Å². The van der Waals surface area contributed by atoms with Gasteiger partial charge in [0.15, 0.2) is 0 Å². The number of carbonyl (C=O) groups is 1. The number of hydrogen-bond donors (Lipinski definition) is 1. The number of H-pyrrole nitrogens is 1. The largest absolute Gasteiger partial charge is 0.341 e. The molecule has 2 heterocycles. The fraction of sp³-hybridized carbons (Fsp3) is 0.474. The number of rotatable bonds is 4. The van der Waals surface area contributed by atoms with Gasteiger partial charge in [0.25, 0.3) is 0 Å². The number of nitrogens with one attached hydrogen (secondary N) is 1. The van der Waals surface area contributed by atoms with Crippen molar-refractivity contribution in [3.63, 3.8) is 0 Å². The summed E-state index contributed by atoms with van der Waals surface area (Å²) in [5.41, 5.74) is 3.98. The number of aromatic nitrogens is 2. The highest BCUT2D eigenvalue weighted by molar-refractivity contribution is 5.78. The molecule has 3 rings (SSSR count). The predicted octanol–water partition coefficient (Wildman–Crippen LogP) is 2.48. The van der Waals surface area contributed by atoms with Gasteiger partial charge in [-0.3, -0.25) is 14.8 Å². The Labute approximate surface area is 147 Å². The molecule has 5 nitrogen and oxygen atoms in total. The van der Waals surface area contributed by atoms with Crippen LogP contribution < -0.4 is 0 Å². The van der Waals surface area contributed by atoms with Crippen molar-refractivity contribution in [2.24, 2.45) is 0 Å². The van der Waals surface area contributed by atoms with Crippen molar-refractivity contribution in [2.45, 2.75) is 32.7 Å². The van der Waals surface area contributed by atoms with Gasteiger partial charge in [-0.25, -0.2) is 4.39 Å². The molecule has 1 N–H and O–H groups in total. The summed E-state index contributed by atoms with van der Waals surface area (Å²) >= 11 is 0. The van der Waals surface area contributed by atoms with Crippen LogP contribution in [0.3, 0.4) is 0 Å². The Kier molecular flexibility index (Phi) is 5.18. The molecule has 1 aliphatic heterocycles. The van der Waals surface area contributed by atoms with Gasteiger partial charge in [0.2, 0.25) is 5.91 Å². The van der Waals surface area contributed by atoms with Crippen LogP contribution in [0.25, 0.3) is 11.3 Å². The van der Waals surface area contributed by atoms with Crippen LogP contribution in [0.2, 0.25) is 0 Å². The summed E-state index contributed by atoms with van der Waals surface area (Å²) < 4.78 is 13.2. The topological polar surface area (TPSA) is 52.2 Å². The van der Waals surface area contributed by atoms with Gasteiger partial charge in [-0.05, 0) is 51.6 Å². The zero-order valence-corrected chi connectivity index (χ0v) is 15.1. The zero-order valence-electron chi connectivity index (χ0n) is 15.1. The molecule has 0 saturated carbocycles. The summed E-state index contributed by atoms with van der Waals surface area (Å²) in [5, 5.41) is 7.53. The molecule has 134 valence electrons. The maximum absolute atomic E-state index is 13.2. The lowest BCUT2D eigenvalue weighted by atomic mass is 10.0. The highest BCUT2D eigenvalue weighted by atomic mass is 19.1. The van der Waals surface area contributed by atoms with Gasteiger partial charge in [0, 0.05) is 42.4 Å². The first-order chi connectivity index (χ1) is 12.0. The van der Waals surface area contributed by atoms with E-state index < -0.39 is 0 Å². The van der Waals surface area contributed by atoms with Crippen LogP contribution in [-0.2, 0) is 17.6 Å². The molecule has 1 aromatic carbocycles. The number of fused-ring (bicyclic) bond motifs is 1. The second-order valence-corrected chi connectivity index (χ2v) is 6.93. The molecular formula is C19H25FN4O. The third-order valence-electron chi connectivity index (χ3n) is 4.95. The Morgan fingerprint density at radius 1 is 1.28 bits per heavy atom. The van der Waals surface area contributed by atoms with E-state index in [0.717, 1.165) is 35.4 Å². The van der Waals surface area contributed by atoms with E-state index >= 15 is 0 Å². The molecule has 0 radical (unpaired) electrons. The van der Waals surface area contributed by atoms with E-state index in [9.17, 15) is 9.18 Å². The Morgan fingerprint density at radius 2 is 1.96 bits per heavy atom. The standard InChI is InChI=1S/C19H25FN4O/c1-13(2)23(3)12-18(25)24-10-8-16-17(9-11-24)21-22-19(16)14-4-6-15(20)7-5-14/h4-7,13H,8-12H2,1-3H3,(H,21,22). The van der Waals surface area contributed by atoms with Crippen molar-refractivity contribution >= 4 is 5.91 Å². The summed E-state index contributed by atoms with van der Waals surface area (Å²) in [4.78, 5) is 16.5. The first-order valence-electron chi connectivity index (χ1n) is 8.75. The van der Waals surface area contributed by atoms with Crippen molar-refractivity contribution in [1.29, 1.82) is 0 Å². The molecule has 0 bridgehead atoms. The van der Waals surface area contributed by atoms with Crippen LogP contribution in [-0.4, -0.2) is 58.6 Å². The first-order valence-corrected chi connectivity index (χ1v) is 8.75. The quantitative estimate of drug-likeness (QED) is 0.927. The number of hydrogen-bond acceptors (Lipinski definition) is 3. The van der Waals surface area contributed by atoms with Crippen molar-refractivity contribution in [1.82, 2.24) is 20.0 Å². The van der Waals surface area contributed by atoms with Crippen LogP contribution in [0.15, 0.2) is 24.3 Å². The number of nitrogens with zero attached hydrogens (tertiary/aromatic N) is 3. The lowest BCUT2D eigenvalue weighted by Gasteiger charge is -2.26. The molecule has 1 aliphatic rings. The summed E-state index contributed by atoms with van der Waals surface area (Å²) in [7, 11) is 1.97. The van der Waals surface area contributed by atoms with Gasteiger partial charge in [0.05, 0.1) is 12.2 Å². The Hall–Kier alpha value is -2.21. The molecule has 0 saturated heterocycles. The van der Waals surface area contributed by atoms with E-state index in [4.69, 9.17) is 0 Å². The SMILES string of the molecule is CC(C)N(C)CC(=O)N1CCc2[nH]nc(-c3ccc(F)cc3)c2CC1. The van der Waals surface area contributed by atoms with Crippen LogP contribution in [0, 0.1) is 5.82 Å². The molecular weight excluding hydrogens is 319 g/mol. The van der Waals surface area contributed by atoms with Crippen molar-refractivity contribution < 1.29 is 9.18 Å². The summed E-state index contributed by atoms with van der Waals surface area (Å²) in [6.07, 6.45) is 1.52. The van der Waals surface area contributed by atoms with Crippen LogP contribution >= 0.6 is 0 Å². The number of halogens is 1. The molecule has 0 unspecified atom stereocenters. The lowest BCUT2D eigenvalue weighted by Crippen LogP contribution is -2.42. The van der Waals surface area contributed by atoms with Gasteiger partial charge >= 0.3 is 0 Å². The summed E-state index contributed by atoms with van der Waals surface area (Å²) in [5.74, 6) is -0.0888. The number of likely N-dealkylation sites (N-methyl/N-ethyl adjacent to an activating group) is 1. The molecule has 0 spiro atoms. The summed E-state index contributed by atoms with van der Waals surface area (Å²) in [6.45, 7) is 5.99. The van der Waals surface area contributed by atoms with E-state index in [2.05, 4.69) is 28.9 Å². The Bertz CT molecular complexity index is 738. The van der Waals surface area contributed by atoms with Gasteiger partial charge in [-0.1, -0.05) is 0 Å². The average molecular weight is 344 g/mol. The third kappa shape index (κ3) is 3.90. The van der Waals surface area contributed by atoms with Gasteiger partial charge in [-0.15, -0.1) is 0 Å². The minimum Gasteiger partial charge on any atom is -0.341 e. The Balaban J connectivity index is 1.73. The number of aromatic amines is 1. The summed E-state index contributed by atoms with van der Waals surface area (Å²) in [6, 6.07) is 6.74. The van der Waals surface area contributed by atoms with Crippen LogP contribution in [0.5, 0.6) is 0 Å². The van der Waals surface area contributed by atoms with Crippen molar-refractivity contribution in [2.75, 3.05) is 26.7 Å². The highest BCUT2D eigenvalue weighted by Gasteiger charge is 2.23. The monoisotopic (exact) mass is 344 g/mol. The highest BCUT2D eigenvalue weighted by Crippen LogP contribution is 2.26. The minimum absolute atomic E-state index is 0.164. The normalized spacial score (nSPS) is 14.7. The lowest BCUT2D eigenvalue weighted by molar-refractivity contribution is -0.132. The average Bonchev–Trinajstić information content (AvgIpc) is 2.86. The van der Waals surface area contributed by atoms with E-state index in [1.807, 2.05) is 11.9 Å². The molecule has 0 atom stereocenters. The van der Waals surface area contributed by atoms with Gasteiger partial charge in [-0.2, -0.15) is 5.10 Å². The maximum atomic E-state index is 13.2. The molecule has 1 aromatic heterocycles. The second kappa shape index (κ2) is 7.35. The molecule has 0 aliphatic carbocycles. The molecule has 25 heavy (non-hydrogen) atoms.